The SMILES string of the molecule is CCOC(=O)c1csc(=NCC(=O)O)n1C(=O)c1ccccc1. The van der Waals surface area contributed by atoms with Crippen molar-refractivity contribution in [3.63, 3.8) is 0 Å². The predicted molar refractivity (Wildman–Crippen MR) is 82.5 cm³/mol. The molecule has 8 heteroatoms. The number of benzene rings is 1. The maximum Gasteiger partial charge on any atom is 0.356 e. The molecule has 0 unspecified atom stereocenters. The molecule has 1 heterocycles. The summed E-state index contributed by atoms with van der Waals surface area (Å²) in [5, 5.41) is 10.2. The van der Waals surface area contributed by atoms with E-state index in [-0.39, 0.29) is 17.1 Å². The summed E-state index contributed by atoms with van der Waals surface area (Å²) >= 11 is 1.01. The number of carbonyl (C=O) groups is 3. The molecule has 2 aromatic rings. The number of esters is 1. The zero-order chi connectivity index (χ0) is 16.8. The Morgan fingerprint density at radius 3 is 2.57 bits per heavy atom. The van der Waals surface area contributed by atoms with Crippen molar-refractivity contribution >= 4 is 29.2 Å². The van der Waals surface area contributed by atoms with Gasteiger partial charge >= 0.3 is 11.9 Å². The molecule has 0 saturated heterocycles. The number of aromatic nitrogens is 1. The zero-order valence-electron chi connectivity index (χ0n) is 12.3. The van der Waals surface area contributed by atoms with Crippen LogP contribution in [0.15, 0.2) is 40.7 Å². The number of hydrogen-bond donors (Lipinski definition) is 1. The standard InChI is InChI=1S/C15H14N2O5S/c1-2-22-14(21)11-9-23-15(16-8-12(18)19)17(11)13(20)10-6-4-3-5-7-10/h3-7,9H,2,8H2,1H3,(H,18,19). The molecule has 0 aliphatic carbocycles. The molecule has 120 valence electrons. The highest BCUT2D eigenvalue weighted by Gasteiger charge is 2.21. The monoisotopic (exact) mass is 334 g/mol. The van der Waals surface area contributed by atoms with Crippen LogP contribution in [0, 0.1) is 0 Å². The van der Waals surface area contributed by atoms with Gasteiger partial charge in [-0.2, -0.15) is 0 Å². The van der Waals surface area contributed by atoms with Gasteiger partial charge in [0.15, 0.2) is 4.80 Å². The van der Waals surface area contributed by atoms with Gasteiger partial charge in [-0.05, 0) is 19.1 Å². The summed E-state index contributed by atoms with van der Waals surface area (Å²) in [7, 11) is 0. The van der Waals surface area contributed by atoms with Crippen LogP contribution in [-0.4, -0.2) is 40.7 Å². The predicted octanol–water partition coefficient (Wildman–Crippen LogP) is 1.40. The molecular formula is C15H14N2O5S. The number of carboxylic acids is 1. The number of nitrogens with zero attached hydrogens (tertiary/aromatic N) is 2. The molecule has 23 heavy (non-hydrogen) atoms. The normalized spacial score (nSPS) is 11.3. The molecule has 0 radical (unpaired) electrons. The topological polar surface area (TPSA) is 98.0 Å². The van der Waals surface area contributed by atoms with Gasteiger partial charge in [0.1, 0.15) is 12.2 Å². The molecule has 0 bridgehead atoms. The van der Waals surface area contributed by atoms with Crippen LogP contribution in [0.25, 0.3) is 0 Å². The number of thiazole rings is 1. The number of carbonyl (C=O) groups excluding carboxylic acids is 2. The fourth-order valence-electron chi connectivity index (χ4n) is 1.81. The Balaban J connectivity index is 2.55. The second kappa shape index (κ2) is 7.50. The van der Waals surface area contributed by atoms with E-state index >= 15 is 0 Å². The van der Waals surface area contributed by atoms with E-state index in [2.05, 4.69) is 4.99 Å². The minimum absolute atomic E-state index is 0.0230. The van der Waals surface area contributed by atoms with Crippen LogP contribution in [0.2, 0.25) is 0 Å². The van der Waals surface area contributed by atoms with E-state index in [1.165, 1.54) is 5.38 Å². The van der Waals surface area contributed by atoms with Crippen molar-refractivity contribution in [3.05, 3.63) is 51.8 Å². The molecule has 7 nitrogen and oxygen atoms in total. The third-order valence-electron chi connectivity index (χ3n) is 2.77. The number of ether oxygens (including phenoxy) is 1. The zero-order valence-corrected chi connectivity index (χ0v) is 13.1. The molecule has 0 fully saturated rings. The smallest absolute Gasteiger partial charge is 0.356 e. The largest absolute Gasteiger partial charge is 0.480 e. The fourth-order valence-corrected chi connectivity index (χ4v) is 2.66. The number of hydrogen-bond acceptors (Lipinski definition) is 6. The van der Waals surface area contributed by atoms with E-state index in [0.29, 0.717) is 5.56 Å². The second-order valence-corrected chi connectivity index (χ2v) is 5.18. The van der Waals surface area contributed by atoms with Crippen molar-refractivity contribution < 1.29 is 24.2 Å². The van der Waals surface area contributed by atoms with Gasteiger partial charge in [0.2, 0.25) is 0 Å². The van der Waals surface area contributed by atoms with Gasteiger partial charge in [-0.3, -0.25) is 9.59 Å². The summed E-state index contributed by atoms with van der Waals surface area (Å²) < 4.78 is 6.01. The minimum atomic E-state index is -1.13. The molecule has 0 saturated carbocycles. The Kier molecular flexibility index (Phi) is 5.42. The third kappa shape index (κ3) is 3.92. The Hall–Kier alpha value is -2.74. The Morgan fingerprint density at radius 1 is 1.26 bits per heavy atom. The molecule has 0 aliphatic rings. The fraction of sp³-hybridized carbons (Fsp3) is 0.200. The summed E-state index contributed by atoms with van der Waals surface area (Å²) in [5.74, 6) is -2.27. The van der Waals surface area contributed by atoms with Crippen LogP contribution >= 0.6 is 11.3 Å². The number of carboxylic acid groups (broad SMARTS) is 1. The van der Waals surface area contributed by atoms with Gasteiger partial charge in [-0.15, -0.1) is 11.3 Å². The number of aliphatic carboxylic acids is 1. The lowest BCUT2D eigenvalue weighted by atomic mass is 10.2. The van der Waals surface area contributed by atoms with Gasteiger partial charge in [0.05, 0.1) is 6.61 Å². The lowest BCUT2D eigenvalue weighted by Crippen LogP contribution is -2.29. The first kappa shape index (κ1) is 16.6. The summed E-state index contributed by atoms with van der Waals surface area (Å²) in [6.45, 7) is 1.32. The molecule has 1 aromatic carbocycles. The molecule has 0 amide bonds. The van der Waals surface area contributed by atoms with Crippen LogP contribution in [-0.2, 0) is 9.53 Å². The first-order valence-corrected chi connectivity index (χ1v) is 7.62. The maximum atomic E-state index is 12.7. The average Bonchev–Trinajstić information content (AvgIpc) is 2.97. The maximum absolute atomic E-state index is 12.7. The second-order valence-electron chi connectivity index (χ2n) is 4.34. The molecular weight excluding hydrogens is 320 g/mol. The van der Waals surface area contributed by atoms with Crippen molar-refractivity contribution in [2.75, 3.05) is 13.2 Å². The molecule has 1 N–H and O–H groups in total. The highest BCUT2D eigenvalue weighted by molar-refractivity contribution is 7.07. The molecule has 0 atom stereocenters. The van der Waals surface area contributed by atoms with E-state index in [4.69, 9.17) is 9.84 Å². The Bertz CT molecular complexity index is 792. The molecule has 2 rings (SSSR count). The Labute approximate surface area is 135 Å². The van der Waals surface area contributed by atoms with Gasteiger partial charge in [0.25, 0.3) is 5.91 Å². The summed E-state index contributed by atoms with van der Waals surface area (Å²) in [6, 6.07) is 8.35. The van der Waals surface area contributed by atoms with Crippen LogP contribution < -0.4 is 4.80 Å². The average molecular weight is 334 g/mol. The highest BCUT2D eigenvalue weighted by Crippen LogP contribution is 2.09. The van der Waals surface area contributed by atoms with Crippen LogP contribution in [0.1, 0.15) is 27.8 Å². The lowest BCUT2D eigenvalue weighted by Gasteiger charge is -2.07. The van der Waals surface area contributed by atoms with E-state index in [0.717, 1.165) is 15.9 Å². The molecule has 1 aromatic heterocycles. The summed E-state index contributed by atoms with van der Waals surface area (Å²) in [6.07, 6.45) is 0. The molecule has 0 aliphatic heterocycles. The quantitative estimate of drug-likeness (QED) is 0.834. The number of rotatable bonds is 5. The van der Waals surface area contributed by atoms with E-state index < -0.39 is 24.4 Å². The van der Waals surface area contributed by atoms with Gasteiger partial charge in [0, 0.05) is 10.9 Å². The minimum Gasteiger partial charge on any atom is -0.480 e. The molecule has 0 spiro atoms. The van der Waals surface area contributed by atoms with Crippen molar-refractivity contribution in [1.29, 1.82) is 0 Å². The first-order chi connectivity index (χ1) is 11.0. The highest BCUT2D eigenvalue weighted by atomic mass is 32.1. The Morgan fingerprint density at radius 2 is 1.96 bits per heavy atom. The van der Waals surface area contributed by atoms with Crippen LogP contribution in [0.4, 0.5) is 0 Å². The van der Waals surface area contributed by atoms with Gasteiger partial charge < -0.3 is 9.84 Å². The van der Waals surface area contributed by atoms with Crippen LogP contribution in [0.3, 0.4) is 0 Å². The van der Waals surface area contributed by atoms with Gasteiger partial charge in [-0.25, -0.2) is 14.4 Å². The summed E-state index contributed by atoms with van der Waals surface area (Å²) in [4.78, 5) is 39.4. The van der Waals surface area contributed by atoms with Crippen molar-refractivity contribution in [2.45, 2.75) is 6.92 Å². The van der Waals surface area contributed by atoms with Crippen molar-refractivity contribution in [3.8, 4) is 0 Å². The van der Waals surface area contributed by atoms with Crippen LogP contribution in [0.5, 0.6) is 0 Å². The van der Waals surface area contributed by atoms with E-state index in [9.17, 15) is 14.4 Å². The van der Waals surface area contributed by atoms with E-state index in [1.807, 2.05) is 0 Å². The lowest BCUT2D eigenvalue weighted by molar-refractivity contribution is -0.135. The summed E-state index contributed by atoms with van der Waals surface area (Å²) in [5.41, 5.74) is 0.378. The first-order valence-electron chi connectivity index (χ1n) is 6.74. The van der Waals surface area contributed by atoms with E-state index in [1.54, 1.807) is 37.3 Å². The third-order valence-corrected chi connectivity index (χ3v) is 3.63. The van der Waals surface area contributed by atoms with Crippen molar-refractivity contribution in [2.24, 2.45) is 4.99 Å². The van der Waals surface area contributed by atoms with Crippen molar-refractivity contribution in [1.82, 2.24) is 4.57 Å². The van der Waals surface area contributed by atoms with Gasteiger partial charge in [-0.1, -0.05) is 18.2 Å².